The molecule has 6 nitrogen and oxygen atoms in total. The van der Waals surface area contributed by atoms with Crippen LogP contribution in [0.5, 0.6) is 11.5 Å². The summed E-state index contributed by atoms with van der Waals surface area (Å²) in [5, 5.41) is 5.11. The number of piperidine rings is 1. The maximum absolute atomic E-state index is 12.4. The summed E-state index contributed by atoms with van der Waals surface area (Å²) in [4.78, 5) is 27.7. The average Bonchev–Trinajstić information content (AvgIpc) is 3.25. The maximum Gasteiger partial charge on any atom is 0.227 e. The summed E-state index contributed by atoms with van der Waals surface area (Å²) >= 11 is 1.61. The number of carbonyl (C=O) groups is 2. The molecule has 1 N–H and O–H groups in total. The van der Waals surface area contributed by atoms with Gasteiger partial charge in [0.1, 0.15) is 0 Å². The lowest BCUT2D eigenvalue weighted by atomic mass is 10.0. The molecule has 2 aromatic rings. The number of hydrogen-bond acceptors (Lipinski definition) is 5. The van der Waals surface area contributed by atoms with Crippen molar-refractivity contribution in [2.24, 2.45) is 0 Å². The van der Waals surface area contributed by atoms with Gasteiger partial charge in [-0.25, -0.2) is 0 Å². The highest BCUT2D eigenvalue weighted by Crippen LogP contribution is 2.28. The number of hydrogen-bond donors (Lipinski definition) is 1. The first kappa shape index (κ1) is 21.2. The highest BCUT2D eigenvalue weighted by molar-refractivity contribution is 7.10. The van der Waals surface area contributed by atoms with Gasteiger partial charge < -0.3 is 19.7 Å². The van der Waals surface area contributed by atoms with Gasteiger partial charge in [-0.15, -0.1) is 11.3 Å². The van der Waals surface area contributed by atoms with Crippen molar-refractivity contribution >= 4 is 23.2 Å². The summed E-state index contributed by atoms with van der Waals surface area (Å²) in [6, 6.07) is 9.81. The third-order valence-electron chi connectivity index (χ3n) is 5.21. The molecule has 1 aliphatic heterocycles. The molecule has 1 saturated heterocycles. The second-order valence-corrected chi connectivity index (χ2v) is 8.20. The highest BCUT2D eigenvalue weighted by Gasteiger charge is 2.24. The fourth-order valence-corrected chi connectivity index (χ4v) is 4.24. The van der Waals surface area contributed by atoms with Gasteiger partial charge in [0, 0.05) is 30.4 Å². The predicted octanol–water partition coefficient (Wildman–Crippen LogP) is 3.05. The molecule has 0 bridgehead atoms. The molecule has 3 rings (SSSR count). The molecular weight excluding hydrogens is 388 g/mol. The second-order valence-electron chi connectivity index (χ2n) is 7.17. The topological polar surface area (TPSA) is 67.9 Å². The number of benzene rings is 1. The molecule has 0 saturated carbocycles. The van der Waals surface area contributed by atoms with Gasteiger partial charge in [0.2, 0.25) is 11.8 Å². The molecule has 2 heterocycles. The lowest BCUT2D eigenvalue weighted by Crippen LogP contribution is -2.46. The molecule has 29 heavy (non-hydrogen) atoms. The number of nitrogens with zero attached hydrogens (tertiary/aromatic N) is 1. The van der Waals surface area contributed by atoms with Gasteiger partial charge >= 0.3 is 0 Å². The summed E-state index contributed by atoms with van der Waals surface area (Å²) in [5.74, 6) is 1.57. The predicted molar refractivity (Wildman–Crippen MR) is 114 cm³/mol. The van der Waals surface area contributed by atoms with Crippen LogP contribution in [0.4, 0.5) is 0 Å². The monoisotopic (exact) mass is 416 g/mol. The number of likely N-dealkylation sites (tertiary alicyclic amines) is 1. The molecule has 0 aliphatic carbocycles. The van der Waals surface area contributed by atoms with Crippen LogP contribution in [0.2, 0.25) is 0 Å². The summed E-state index contributed by atoms with van der Waals surface area (Å²) < 4.78 is 10.6. The Morgan fingerprint density at radius 1 is 1.14 bits per heavy atom. The van der Waals surface area contributed by atoms with Crippen LogP contribution in [0.15, 0.2) is 35.7 Å². The van der Waals surface area contributed by atoms with Gasteiger partial charge in [0.05, 0.1) is 20.6 Å². The number of carbonyl (C=O) groups excluding carboxylic acids is 2. The first-order chi connectivity index (χ1) is 14.1. The zero-order valence-corrected chi connectivity index (χ0v) is 17.8. The van der Waals surface area contributed by atoms with Crippen molar-refractivity contribution in [1.29, 1.82) is 0 Å². The fraction of sp³-hybridized carbons (Fsp3) is 0.455. The van der Waals surface area contributed by atoms with Crippen molar-refractivity contribution in [3.8, 4) is 11.5 Å². The number of nitrogens with one attached hydrogen (secondary N) is 1. The van der Waals surface area contributed by atoms with Crippen molar-refractivity contribution in [2.75, 3.05) is 27.3 Å². The van der Waals surface area contributed by atoms with Crippen LogP contribution in [0.25, 0.3) is 0 Å². The number of rotatable bonds is 8. The van der Waals surface area contributed by atoms with E-state index in [-0.39, 0.29) is 17.9 Å². The molecule has 156 valence electrons. The first-order valence-electron chi connectivity index (χ1n) is 9.89. The minimum Gasteiger partial charge on any atom is -0.493 e. The van der Waals surface area contributed by atoms with E-state index in [4.69, 9.17) is 9.47 Å². The van der Waals surface area contributed by atoms with E-state index in [9.17, 15) is 9.59 Å². The lowest BCUT2D eigenvalue weighted by Gasteiger charge is -2.32. The Labute approximate surface area is 175 Å². The SMILES string of the molecule is COc1ccc(CCC(=O)NC2CCN(C(=O)Cc3cccs3)CC2)cc1OC. The highest BCUT2D eigenvalue weighted by atomic mass is 32.1. The van der Waals surface area contributed by atoms with Crippen LogP contribution >= 0.6 is 11.3 Å². The van der Waals surface area contributed by atoms with Crippen LogP contribution in [0.1, 0.15) is 29.7 Å². The maximum atomic E-state index is 12.4. The molecule has 0 atom stereocenters. The van der Waals surface area contributed by atoms with Crippen LogP contribution in [0, 0.1) is 0 Å². The molecule has 1 fully saturated rings. The van der Waals surface area contributed by atoms with E-state index in [0.29, 0.717) is 43.9 Å². The third kappa shape index (κ3) is 5.97. The molecule has 1 aliphatic rings. The summed E-state index contributed by atoms with van der Waals surface area (Å²) in [6.45, 7) is 1.40. The van der Waals surface area contributed by atoms with Crippen molar-refractivity contribution in [1.82, 2.24) is 10.2 Å². The van der Waals surface area contributed by atoms with Crippen LogP contribution in [0.3, 0.4) is 0 Å². The number of ether oxygens (including phenoxy) is 2. The zero-order valence-electron chi connectivity index (χ0n) is 17.0. The fourth-order valence-electron chi connectivity index (χ4n) is 3.54. The molecule has 0 spiro atoms. The molecule has 2 amide bonds. The van der Waals surface area contributed by atoms with E-state index in [1.54, 1.807) is 25.6 Å². The van der Waals surface area contributed by atoms with Crippen LogP contribution in [-0.2, 0) is 22.4 Å². The van der Waals surface area contributed by atoms with E-state index in [0.717, 1.165) is 23.3 Å². The molecule has 1 aromatic heterocycles. The van der Waals surface area contributed by atoms with Crippen LogP contribution in [-0.4, -0.2) is 50.1 Å². The molecule has 0 unspecified atom stereocenters. The van der Waals surface area contributed by atoms with E-state index >= 15 is 0 Å². The molecular formula is C22H28N2O4S. The molecule has 0 radical (unpaired) electrons. The van der Waals surface area contributed by atoms with Crippen molar-refractivity contribution in [3.05, 3.63) is 46.2 Å². The van der Waals surface area contributed by atoms with Crippen molar-refractivity contribution in [2.45, 2.75) is 38.1 Å². The number of aryl methyl sites for hydroxylation is 1. The number of thiophene rings is 1. The van der Waals surface area contributed by atoms with Crippen LogP contribution < -0.4 is 14.8 Å². The normalized spacial score (nSPS) is 14.5. The van der Waals surface area contributed by atoms with E-state index in [1.165, 1.54) is 0 Å². The van der Waals surface area contributed by atoms with Crippen molar-refractivity contribution < 1.29 is 19.1 Å². The Morgan fingerprint density at radius 2 is 1.90 bits per heavy atom. The standard InChI is InChI=1S/C22H28N2O4S/c1-27-19-7-5-16(14-20(19)28-2)6-8-21(25)23-17-9-11-24(12-10-17)22(26)15-18-4-3-13-29-18/h3-5,7,13-14,17H,6,8-12,15H2,1-2H3,(H,23,25). The minimum atomic E-state index is 0.0446. The Kier molecular flexibility index (Phi) is 7.52. The Balaban J connectivity index is 1.40. The molecule has 7 heteroatoms. The van der Waals surface area contributed by atoms with Gasteiger partial charge in [0.25, 0.3) is 0 Å². The summed E-state index contributed by atoms with van der Waals surface area (Å²) in [5.41, 5.74) is 1.03. The van der Waals surface area contributed by atoms with Gasteiger partial charge in [-0.3, -0.25) is 9.59 Å². The summed E-state index contributed by atoms with van der Waals surface area (Å²) in [7, 11) is 3.21. The van der Waals surface area contributed by atoms with Gasteiger partial charge in [-0.2, -0.15) is 0 Å². The third-order valence-corrected chi connectivity index (χ3v) is 6.08. The summed E-state index contributed by atoms with van der Waals surface area (Å²) in [6.07, 6.45) is 3.15. The number of methoxy groups -OCH3 is 2. The quantitative estimate of drug-likeness (QED) is 0.718. The van der Waals surface area contributed by atoms with Gasteiger partial charge in [-0.05, 0) is 48.4 Å². The first-order valence-corrected chi connectivity index (χ1v) is 10.8. The Hall–Kier alpha value is -2.54. The van der Waals surface area contributed by atoms with E-state index in [1.807, 2.05) is 40.6 Å². The minimum absolute atomic E-state index is 0.0446. The van der Waals surface area contributed by atoms with Crippen molar-refractivity contribution in [3.63, 3.8) is 0 Å². The van der Waals surface area contributed by atoms with E-state index in [2.05, 4.69) is 5.32 Å². The molecule has 1 aromatic carbocycles. The smallest absolute Gasteiger partial charge is 0.227 e. The number of amides is 2. The average molecular weight is 417 g/mol. The Bertz CT molecular complexity index is 814. The van der Waals surface area contributed by atoms with Gasteiger partial charge in [0.15, 0.2) is 11.5 Å². The largest absolute Gasteiger partial charge is 0.493 e. The van der Waals surface area contributed by atoms with Gasteiger partial charge in [-0.1, -0.05) is 12.1 Å². The second kappa shape index (κ2) is 10.3. The van der Waals surface area contributed by atoms with E-state index < -0.39 is 0 Å². The Morgan fingerprint density at radius 3 is 2.55 bits per heavy atom. The zero-order chi connectivity index (χ0) is 20.6. The lowest BCUT2D eigenvalue weighted by molar-refractivity contribution is -0.131.